The number of amides is 2. The number of nitrogens with two attached hydrogens (primary N) is 1. The van der Waals surface area contributed by atoms with Crippen LogP contribution in [-0.2, 0) is 0 Å². The third-order valence-corrected chi connectivity index (χ3v) is 3.46. The molecule has 0 unspecified atom stereocenters. The summed E-state index contributed by atoms with van der Waals surface area (Å²) in [4.78, 5) is 13.4. The summed E-state index contributed by atoms with van der Waals surface area (Å²) in [5, 5.41) is 3.15. The zero-order valence-corrected chi connectivity index (χ0v) is 12.3. The molecule has 0 saturated heterocycles. The maximum absolute atomic E-state index is 11.3. The average Bonchev–Trinajstić information content (AvgIpc) is 2.56. The molecule has 2 amide bonds. The Kier molecular flexibility index (Phi) is 3.38. The van der Waals surface area contributed by atoms with Crippen molar-refractivity contribution < 1.29 is 4.79 Å². The van der Waals surface area contributed by atoms with E-state index < -0.39 is 6.03 Å². The number of halogens is 1. The third kappa shape index (κ3) is 2.25. The van der Waals surface area contributed by atoms with E-state index in [4.69, 9.17) is 5.73 Å². The fraction of sp³-hybridized carbons (Fsp3) is 0.417. The Morgan fingerprint density at radius 3 is 2.61 bits per heavy atom. The van der Waals surface area contributed by atoms with E-state index >= 15 is 0 Å². The number of carbonyl (C=O) groups is 1. The number of nitrogens with zero attached hydrogens (tertiary/aromatic N) is 3. The van der Waals surface area contributed by atoms with Gasteiger partial charge in [0.05, 0.1) is 5.70 Å². The normalized spacial score (nSPS) is 18.7. The van der Waals surface area contributed by atoms with Gasteiger partial charge in [-0.3, -0.25) is 5.01 Å². The summed E-state index contributed by atoms with van der Waals surface area (Å²) in [7, 11) is 1.82. The molecule has 0 saturated carbocycles. The highest BCUT2D eigenvalue weighted by atomic mass is 79.9. The smallest absolute Gasteiger partial charge is 0.337 e. The van der Waals surface area contributed by atoms with Crippen molar-refractivity contribution >= 4 is 22.0 Å². The molecule has 0 aromatic rings. The number of carbonyl (C=O) groups excluding carboxylic acids is 1. The molecule has 0 radical (unpaired) electrons. The highest BCUT2D eigenvalue weighted by Crippen LogP contribution is 2.36. The molecule has 0 atom stereocenters. The molecule has 0 aromatic heterocycles. The van der Waals surface area contributed by atoms with Crippen molar-refractivity contribution in [1.29, 1.82) is 0 Å². The molecular weight excluding hydrogens is 296 g/mol. The highest BCUT2D eigenvalue weighted by molar-refractivity contribution is 9.12. The van der Waals surface area contributed by atoms with Gasteiger partial charge in [-0.2, -0.15) is 0 Å². The maximum Gasteiger partial charge on any atom is 0.337 e. The van der Waals surface area contributed by atoms with Gasteiger partial charge in [-0.25, -0.2) is 9.80 Å². The van der Waals surface area contributed by atoms with Crippen molar-refractivity contribution in [1.82, 2.24) is 14.9 Å². The summed E-state index contributed by atoms with van der Waals surface area (Å²) in [6.07, 6.45) is 5.79. The number of hydrogen-bond acceptors (Lipinski definition) is 3. The van der Waals surface area contributed by atoms with Crippen LogP contribution in [0, 0.1) is 5.92 Å². The Morgan fingerprint density at radius 1 is 1.39 bits per heavy atom. The van der Waals surface area contributed by atoms with E-state index in [1.165, 1.54) is 5.01 Å². The van der Waals surface area contributed by atoms with Crippen LogP contribution in [0.5, 0.6) is 0 Å². The fourth-order valence-corrected chi connectivity index (χ4v) is 2.62. The number of likely N-dealkylation sites (N-methyl/N-ethyl adjacent to an activating group) is 1. The molecular formula is C12H17BrN4O. The molecule has 0 spiro atoms. The minimum absolute atomic E-state index is 0.490. The van der Waals surface area contributed by atoms with Crippen molar-refractivity contribution in [2.45, 2.75) is 13.8 Å². The Bertz CT molecular complexity index is 467. The lowest BCUT2D eigenvalue weighted by Gasteiger charge is -2.29. The van der Waals surface area contributed by atoms with E-state index in [0.717, 1.165) is 22.3 Å². The molecule has 2 aliphatic heterocycles. The lowest BCUT2D eigenvalue weighted by Crippen LogP contribution is -2.40. The first kappa shape index (κ1) is 13.0. The molecule has 98 valence electrons. The summed E-state index contributed by atoms with van der Waals surface area (Å²) in [5.74, 6) is 0.558. The monoisotopic (exact) mass is 312 g/mol. The van der Waals surface area contributed by atoms with E-state index in [-0.39, 0.29) is 0 Å². The predicted octanol–water partition coefficient (Wildman–Crippen LogP) is 2.16. The van der Waals surface area contributed by atoms with Crippen LogP contribution < -0.4 is 5.73 Å². The number of primary amides is 1. The minimum atomic E-state index is -0.490. The van der Waals surface area contributed by atoms with Crippen LogP contribution in [0.25, 0.3) is 0 Å². The average molecular weight is 313 g/mol. The van der Waals surface area contributed by atoms with Gasteiger partial charge in [0.1, 0.15) is 0 Å². The van der Waals surface area contributed by atoms with Crippen LogP contribution >= 0.6 is 15.9 Å². The lowest BCUT2D eigenvalue weighted by molar-refractivity contribution is 0.135. The second-order valence-electron chi connectivity index (χ2n) is 4.83. The number of allylic oxidation sites excluding steroid dienone is 1. The van der Waals surface area contributed by atoms with E-state index in [9.17, 15) is 4.79 Å². The van der Waals surface area contributed by atoms with Crippen molar-refractivity contribution in [2.75, 3.05) is 13.6 Å². The Hall–Kier alpha value is -1.43. The lowest BCUT2D eigenvalue weighted by atomic mass is 10.1. The van der Waals surface area contributed by atoms with E-state index in [1.54, 1.807) is 11.2 Å². The van der Waals surface area contributed by atoms with Crippen LogP contribution in [0.4, 0.5) is 4.79 Å². The molecule has 2 heterocycles. The summed E-state index contributed by atoms with van der Waals surface area (Å²) < 4.78 is 0.955. The molecule has 0 fully saturated rings. The van der Waals surface area contributed by atoms with Crippen LogP contribution in [0.2, 0.25) is 0 Å². The van der Waals surface area contributed by atoms with E-state index in [2.05, 4.69) is 34.7 Å². The first-order valence-electron chi connectivity index (χ1n) is 5.80. The molecule has 0 bridgehead atoms. The van der Waals surface area contributed by atoms with Gasteiger partial charge in [0.2, 0.25) is 0 Å². The van der Waals surface area contributed by atoms with Crippen molar-refractivity contribution in [3.05, 3.63) is 34.4 Å². The van der Waals surface area contributed by atoms with Gasteiger partial charge in [-0.05, 0) is 21.8 Å². The molecule has 2 rings (SSSR count). The fourth-order valence-electron chi connectivity index (χ4n) is 2.05. The van der Waals surface area contributed by atoms with Crippen molar-refractivity contribution in [3.63, 3.8) is 0 Å². The number of hydrogen-bond donors (Lipinski definition) is 1. The summed E-state index contributed by atoms with van der Waals surface area (Å²) in [6, 6.07) is -0.490. The predicted molar refractivity (Wildman–Crippen MR) is 73.9 cm³/mol. The van der Waals surface area contributed by atoms with Crippen molar-refractivity contribution in [2.24, 2.45) is 11.7 Å². The number of rotatable bonds is 2. The molecule has 5 nitrogen and oxygen atoms in total. The zero-order valence-electron chi connectivity index (χ0n) is 10.7. The van der Waals surface area contributed by atoms with Gasteiger partial charge in [0, 0.05) is 42.2 Å². The van der Waals surface area contributed by atoms with Crippen LogP contribution in [0.3, 0.4) is 0 Å². The van der Waals surface area contributed by atoms with Gasteiger partial charge in [0.25, 0.3) is 0 Å². The van der Waals surface area contributed by atoms with E-state index in [1.807, 2.05) is 19.4 Å². The molecule has 18 heavy (non-hydrogen) atoms. The number of fused-ring (bicyclic) bond motifs is 1. The summed E-state index contributed by atoms with van der Waals surface area (Å²) in [6.45, 7) is 5.26. The van der Waals surface area contributed by atoms with Crippen LogP contribution in [0.1, 0.15) is 13.8 Å². The molecule has 0 aliphatic carbocycles. The highest BCUT2D eigenvalue weighted by Gasteiger charge is 2.31. The topological polar surface area (TPSA) is 52.8 Å². The van der Waals surface area contributed by atoms with Gasteiger partial charge < -0.3 is 10.6 Å². The first-order valence-corrected chi connectivity index (χ1v) is 6.59. The Morgan fingerprint density at radius 2 is 2.06 bits per heavy atom. The quantitative estimate of drug-likeness (QED) is 0.850. The van der Waals surface area contributed by atoms with Gasteiger partial charge >= 0.3 is 6.03 Å². The number of urea groups is 1. The summed E-state index contributed by atoms with van der Waals surface area (Å²) in [5.41, 5.74) is 7.26. The molecule has 2 aliphatic rings. The second-order valence-corrected chi connectivity index (χ2v) is 5.69. The maximum atomic E-state index is 11.3. The zero-order chi connectivity index (χ0) is 13.4. The largest absolute Gasteiger partial charge is 0.351 e. The third-order valence-electron chi connectivity index (χ3n) is 2.83. The summed E-state index contributed by atoms with van der Waals surface area (Å²) >= 11 is 3.53. The number of hydrazine groups is 1. The van der Waals surface area contributed by atoms with E-state index in [0.29, 0.717) is 5.92 Å². The van der Waals surface area contributed by atoms with Crippen LogP contribution in [0.15, 0.2) is 34.4 Å². The van der Waals surface area contributed by atoms with Crippen molar-refractivity contribution in [3.8, 4) is 0 Å². The Balaban J connectivity index is 2.30. The van der Waals surface area contributed by atoms with Gasteiger partial charge in [-0.15, -0.1) is 0 Å². The van der Waals surface area contributed by atoms with Gasteiger partial charge in [-0.1, -0.05) is 13.8 Å². The van der Waals surface area contributed by atoms with Gasteiger partial charge in [0.15, 0.2) is 0 Å². The standard InChI is InChI=1S/C12H17BrN4O/c1-8(2)4-16-6-10(13)9-5-17(12(14)18)15(3)11(9)7-16/h5-8H,4H2,1-3H3,(H2,14,18). The molecule has 6 heteroatoms. The Labute approximate surface area is 115 Å². The molecule has 2 N–H and O–H groups in total. The second kappa shape index (κ2) is 4.68. The minimum Gasteiger partial charge on any atom is -0.351 e. The molecule has 0 aromatic carbocycles. The van der Waals surface area contributed by atoms with Crippen LogP contribution in [-0.4, -0.2) is 34.5 Å². The SMILES string of the molecule is CC(C)CN1C=C(Br)C2=CN(C(N)=O)N(C)C2=C1. The first-order chi connectivity index (χ1) is 8.40.